The van der Waals surface area contributed by atoms with Crippen molar-refractivity contribution in [3.63, 3.8) is 0 Å². The fourth-order valence-corrected chi connectivity index (χ4v) is 1.88. The summed E-state index contributed by atoms with van der Waals surface area (Å²) in [6.45, 7) is 5.01. The molecule has 0 bridgehead atoms. The summed E-state index contributed by atoms with van der Waals surface area (Å²) >= 11 is 5.78. The second-order valence-electron chi connectivity index (χ2n) is 5.05. The van der Waals surface area contributed by atoms with Gasteiger partial charge in [-0.15, -0.1) is 24.0 Å². The summed E-state index contributed by atoms with van der Waals surface area (Å²) in [5.74, 6) is 0.865. The highest BCUT2D eigenvalue weighted by atomic mass is 127. The number of rotatable bonds is 8. The molecule has 5 nitrogen and oxygen atoms in total. The van der Waals surface area contributed by atoms with Crippen LogP contribution in [-0.4, -0.2) is 36.7 Å². The molecule has 0 aliphatic heterocycles. The molecule has 0 atom stereocenters. The van der Waals surface area contributed by atoms with Gasteiger partial charge in [-0.1, -0.05) is 17.7 Å². The topological polar surface area (TPSA) is 58.5 Å². The Balaban J connectivity index is 0.00000242. The van der Waals surface area contributed by atoms with Gasteiger partial charge in [-0.05, 0) is 37.8 Å². The third-order valence-electron chi connectivity index (χ3n) is 3.09. The third-order valence-corrected chi connectivity index (χ3v) is 3.31. The molecule has 1 heterocycles. The first-order valence-electron chi connectivity index (χ1n) is 7.51. The molecule has 2 N–H and O–H groups in total. The lowest BCUT2D eigenvalue weighted by Crippen LogP contribution is -2.39. The Morgan fingerprint density at radius 3 is 2.91 bits per heavy atom. The van der Waals surface area contributed by atoms with E-state index in [0.717, 1.165) is 37.7 Å². The molecule has 1 aromatic rings. The van der Waals surface area contributed by atoms with Gasteiger partial charge in [0.25, 0.3) is 0 Å². The van der Waals surface area contributed by atoms with Crippen LogP contribution in [0, 0.1) is 0 Å². The van der Waals surface area contributed by atoms with Gasteiger partial charge in [0.15, 0.2) is 5.96 Å². The van der Waals surface area contributed by atoms with E-state index >= 15 is 0 Å². The molecule has 7 heteroatoms. The number of guanidine groups is 1. The standard InChI is InChI=1S/C15H23ClN4O.HI/c1-2-21-9-3-8-17-15(20-13-5-6-13)19-11-12-4-7-14(16)18-10-12;/h4,7,10,13H,2-3,5-6,8-9,11H2,1H3,(H2,17,19,20);1H. The Bertz CT molecular complexity index is 451. The summed E-state index contributed by atoms with van der Waals surface area (Å²) in [5, 5.41) is 7.27. The molecule has 124 valence electrons. The van der Waals surface area contributed by atoms with Crippen molar-refractivity contribution in [3.8, 4) is 0 Å². The lowest BCUT2D eigenvalue weighted by molar-refractivity contribution is 0.145. The van der Waals surface area contributed by atoms with Gasteiger partial charge in [0.1, 0.15) is 5.15 Å². The molecule has 1 aliphatic rings. The van der Waals surface area contributed by atoms with Crippen LogP contribution in [0.5, 0.6) is 0 Å². The molecule has 0 radical (unpaired) electrons. The number of pyridine rings is 1. The third kappa shape index (κ3) is 8.14. The van der Waals surface area contributed by atoms with Crippen LogP contribution < -0.4 is 10.6 Å². The highest BCUT2D eigenvalue weighted by Crippen LogP contribution is 2.18. The summed E-state index contributed by atoms with van der Waals surface area (Å²) < 4.78 is 5.33. The van der Waals surface area contributed by atoms with Gasteiger partial charge in [0, 0.05) is 32.0 Å². The fraction of sp³-hybridized carbons (Fsp3) is 0.600. The van der Waals surface area contributed by atoms with Gasteiger partial charge < -0.3 is 15.4 Å². The predicted octanol–water partition coefficient (Wildman–Crippen LogP) is 2.98. The molecular formula is C15H24ClIN4O. The van der Waals surface area contributed by atoms with Crippen molar-refractivity contribution in [1.29, 1.82) is 0 Å². The van der Waals surface area contributed by atoms with E-state index < -0.39 is 0 Å². The van der Waals surface area contributed by atoms with E-state index in [1.54, 1.807) is 12.3 Å². The zero-order valence-electron chi connectivity index (χ0n) is 12.8. The van der Waals surface area contributed by atoms with Crippen molar-refractivity contribution < 1.29 is 4.74 Å². The average molecular weight is 439 g/mol. The van der Waals surface area contributed by atoms with Crippen LogP contribution in [-0.2, 0) is 11.3 Å². The SMILES string of the molecule is CCOCCCNC(=NCc1ccc(Cl)nc1)NC1CC1.I. The summed E-state index contributed by atoms with van der Waals surface area (Å²) in [6.07, 6.45) is 5.18. The average Bonchev–Trinajstić information content (AvgIpc) is 3.30. The van der Waals surface area contributed by atoms with Gasteiger partial charge in [-0.2, -0.15) is 0 Å². The van der Waals surface area contributed by atoms with E-state index in [1.807, 2.05) is 13.0 Å². The summed E-state index contributed by atoms with van der Waals surface area (Å²) in [7, 11) is 0. The zero-order valence-corrected chi connectivity index (χ0v) is 15.9. The Morgan fingerprint density at radius 1 is 1.45 bits per heavy atom. The van der Waals surface area contributed by atoms with Gasteiger partial charge in [0.05, 0.1) is 6.54 Å². The smallest absolute Gasteiger partial charge is 0.191 e. The first-order valence-corrected chi connectivity index (χ1v) is 7.88. The van der Waals surface area contributed by atoms with Crippen molar-refractivity contribution in [2.75, 3.05) is 19.8 Å². The van der Waals surface area contributed by atoms with Gasteiger partial charge >= 0.3 is 0 Å². The van der Waals surface area contributed by atoms with E-state index in [2.05, 4.69) is 20.6 Å². The molecule has 0 saturated heterocycles. The number of aromatic nitrogens is 1. The van der Waals surface area contributed by atoms with E-state index in [0.29, 0.717) is 17.7 Å². The maximum atomic E-state index is 5.78. The van der Waals surface area contributed by atoms with Crippen LogP contribution in [0.3, 0.4) is 0 Å². The molecular weight excluding hydrogens is 415 g/mol. The van der Waals surface area contributed by atoms with Crippen LogP contribution in [0.4, 0.5) is 0 Å². The summed E-state index contributed by atoms with van der Waals surface area (Å²) in [6, 6.07) is 4.31. The Kier molecular flexibility index (Phi) is 9.74. The lowest BCUT2D eigenvalue weighted by Gasteiger charge is -2.12. The Morgan fingerprint density at radius 2 is 2.27 bits per heavy atom. The van der Waals surface area contributed by atoms with Gasteiger partial charge in [-0.25, -0.2) is 9.98 Å². The van der Waals surface area contributed by atoms with Crippen LogP contribution in [0.2, 0.25) is 5.15 Å². The highest BCUT2D eigenvalue weighted by molar-refractivity contribution is 14.0. The number of aliphatic imine (C=N–C) groups is 1. The minimum atomic E-state index is 0. The number of halogens is 2. The highest BCUT2D eigenvalue weighted by Gasteiger charge is 2.22. The monoisotopic (exact) mass is 438 g/mol. The van der Waals surface area contributed by atoms with Gasteiger partial charge in [-0.3, -0.25) is 0 Å². The first kappa shape index (κ1) is 19.4. The fourth-order valence-electron chi connectivity index (χ4n) is 1.77. The molecule has 1 aromatic heterocycles. The number of nitrogens with one attached hydrogen (secondary N) is 2. The number of nitrogens with zero attached hydrogens (tertiary/aromatic N) is 2. The zero-order chi connectivity index (χ0) is 14.9. The molecule has 1 fully saturated rings. The van der Waals surface area contributed by atoms with Crippen LogP contribution in [0.1, 0.15) is 31.7 Å². The van der Waals surface area contributed by atoms with Crippen molar-refractivity contribution >= 4 is 41.5 Å². The maximum absolute atomic E-state index is 5.78. The minimum Gasteiger partial charge on any atom is -0.382 e. The molecule has 0 amide bonds. The number of ether oxygens (including phenoxy) is 1. The molecule has 0 aromatic carbocycles. The molecule has 0 spiro atoms. The summed E-state index contributed by atoms with van der Waals surface area (Å²) in [5.41, 5.74) is 1.05. The van der Waals surface area contributed by atoms with Crippen molar-refractivity contribution in [1.82, 2.24) is 15.6 Å². The Hall–Kier alpha value is -0.600. The van der Waals surface area contributed by atoms with Crippen molar-refractivity contribution in [2.24, 2.45) is 4.99 Å². The number of hydrogen-bond donors (Lipinski definition) is 2. The maximum Gasteiger partial charge on any atom is 0.191 e. The second kappa shape index (κ2) is 11.0. The molecule has 1 aliphatic carbocycles. The van der Waals surface area contributed by atoms with Crippen LogP contribution in [0.25, 0.3) is 0 Å². The molecule has 1 saturated carbocycles. The largest absolute Gasteiger partial charge is 0.382 e. The lowest BCUT2D eigenvalue weighted by atomic mass is 10.3. The van der Waals surface area contributed by atoms with Crippen molar-refractivity contribution in [2.45, 2.75) is 38.8 Å². The predicted molar refractivity (Wildman–Crippen MR) is 101 cm³/mol. The van der Waals surface area contributed by atoms with E-state index in [4.69, 9.17) is 16.3 Å². The van der Waals surface area contributed by atoms with Gasteiger partial charge in [0.2, 0.25) is 0 Å². The Labute approximate surface area is 154 Å². The summed E-state index contributed by atoms with van der Waals surface area (Å²) in [4.78, 5) is 8.66. The molecule has 22 heavy (non-hydrogen) atoms. The number of hydrogen-bond acceptors (Lipinski definition) is 3. The molecule has 0 unspecified atom stereocenters. The first-order chi connectivity index (χ1) is 10.3. The van der Waals surface area contributed by atoms with E-state index in [-0.39, 0.29) is 24.0 Å². The normalized spacial score (nSPS) is 14.4. The van der Waals surface area contributed by atoms with E-state index in [1.165, 1.54) is 12.8 Å². The van der Waals surface area contributed by atoms with Crippen LogP contribution >= 0.6 is 35.6 Å². The van der Waals surface area contributed by atoms with Crippen molar-refractivity contribution in [3.05, 3.63) is 29.0 Å². The van der Waals surface area contributed by atoms with Crippen LogP contribution in [0.15, 0.2) is 23.3 Å². The minimum absolute atomic E-state index is 0. The molecule has 2 rings (SSSR count). The second-order valence-corrected chi connectivity index (χ2v) is 5.44. The van der Waals surface area contributed by atoms with E-state index in [9.17, 15) is 0 Å². The quantitative estimate of drug-likeness (QED) is 0.215.